The van der Waals surface area contributed by atoms with E-state index in [0.29, 0.717) is 0 Å². The van der Waals surface area contributed by atoms with Crippen molar-refractivity contribution in [1.82, 2.24) is 4.90 Å². The Balaban J connectivity index is 2.80. The van der Waals surface area contributed by atoms with Gasteiger partial charge in [0.25, 0.3) is 0 Å². The van der Waals surface area contributed by atoms with Gasteiger partial charge in [-0.2, -0.15) is 13.2 Å². The zero-order valence-corrected chi connectivity index (χ0v) is 8.79. The Labute approximate surface area is 90.7 Å². The van der Waals surface area contributed by atoms with Gasteiger partial charge in [-0.05, 0) is 13.3 Å². The van der Waals surface area contributed by atoms with Crippen LogP contribution in [0, 0.1) is 5.41 Å². The summed E-state index contributed by atoms with van der Waals surface area (Å²) in [7, 11) is 0. The molecule has 4 nitrogen and oxygen atoms in total. The SMILES string of the molecule is C[C@@H](C(=O)O)N1CC[C@](CO)(C(F)(F)F)C1. The summed E-state index contributed by atoms with van der Waals surface area (Å²) in [4.78, 5) is 11.9. The normalized spacial score (nSPS) is 29.3. The minimum Gasteiger partial charge on any atom is -0.480 e. The van der Waals surface area contributed by atoms with Gasteiger partial charge < -0.3 is 10.2 Å². The van der Waals surface area contributed by atoms with Crippen molar-refractivity contribution in [2.45, 2.75) is 25.6 Å². The second kappa shape index (κ2) is 4.21. The average Bonchev–Trinajstić information content (AvgIpc) is 2.60. The van der Waals surface area contributed by atoms with Crippen molar-refractivity contribution in [1.29, 1.82) is 0 Å². The van der Waals surface area contributed by atoms with Crippen molar-refractivity contribution >= 4 is 5.97 Å². The van der Waals surface area contributed by atoms with Gasteiger partial charge in [0.2, 0.25) is 0 Å². The molecule has 0 amide bonds. The van der Waals surface area contributed by atoms with Crippen LogP contribution in [0.5, 0.6) is 0 Å². The van der Waals surface area contributed by atoms with Crippen LogP contribution in [-0.4, -0.2) is 53.0 Å². The summed E-state index contributed by atoms with van der Waals surface area (Å²) in [5.74, 6) is -1.16. The van der Waals surface area contributed by atoms with Crippen LogP contribution >= 0.6 is 0 Å². The molecular formula is C9H14F3NO3. The first kappa shape index (κ1) is 13.2. The minimum absolute atomic E-state index is 0.0353. The number of nitrogens with zero attached hydrogens (tertiary/aromatic N) is 1. The zero-order chi connectivity index (χ0) is 12.6. The lowest BCUT2D eigenvalue weighted by atomic mass is 9.87. The Hall–Kier alpha value is -0.820. The van der Waals surface area contributed by atoms with Gasteiger partial charge in [0.05, 0.1) is 6.61 Å². The molecule has 94 valence electrons. The Morgan fingerprint density at radius 1 is 1.56 bits per heavy atom. The first-order chi connectivity index (χ1) is 7.23. The quantitative estimate of drug-likeness (QED) is 0.763. The smallest absolute Gasteiger partial charge is 0.397 e. The standard InChI is InChI=1S/C9H14F3NO3/c1-6(7(15)16)13-3-2-8(4-13,5-14)9(10,11)12/h6,14H,2-5H2,1H3,(H,15,16)/t6-,8-/m0/s1. The molecule has 0 aromatic carbocycles. The third-order valence-corrected chi connectivity index (χ3v) is 3.19. The Morgan fingerprint density at radius 3 is 2.44 bits per heavy atom. The molecule has 1 heterocycles. The van der Waals surface area contributed by atoms with E-state index >= 15 is 0 Å². The van der Waals surface area contributed by atoms with Crippen molar-refractivity contribution in [2.24, 2.45) is 5.41 Å². The summed E-state index contributed by atoms with van der Waals surface area (Å²) in [5.41, 5.74) is -2.17. The maximum atomic E-state index is 12.7. The Kier molecular flexibility index (Phi) is 3.49. The molecule has 2 N–H and O–H groups in total. The monoisotopic (exact) mass is 241 g/mol. The number of halogens is 3. The lowest BCUT2D eigenvalue weighted by Gasteiger charge is -2.30. The molecule has 0 aromatic rings. The van der Waals surface area contributed by atoms with Gasteiger partial charge in [-0.25, -0.2) is 0 Å². The number of carbonyl (C=O) groups is 1. The average molecular weight is 241 g/mol. The van der Waals surface area contributed by atoms with E-state index in [4.69, 9.17) is 10.2 Å². The van der Waals surface area contributed by atoms with Crippen LogP contribution in [-0.2, 0) is 4.79 Å². The number of carboxylic acid groups (broad SMARTS) is 1. The highest BCUT2D eigenvalue weighted by atomic mass is 19.4. The van der Waals surface area contributed by atoms with Crippen LogP contribution in [0.25, 0.3) is 0 Å². The lowest BCUT2D eigenvalue weighted by Crippen LogP contribution is -2.46. The summed E-state index contributed by atoms with van der Waals surface area (Å²) in [6.07, 6.45) is -4.76. The van der Waals surface area contributed by atoms with Crippen molar-refractivity contribution in [2.75, 3.05) is 19.7 Å². The van der Waals surface area contributed by atoms with Gasteiger partial charge in [0, 0.05) is 13.1 Å². The zero-order valence-electron chi connectivity index (χ0n) is 8.79. The van der Waals surface area contributed by atoms with E-state index in [1.807, 2.05) is 0 Å². The Morgan fingerprint density at radius 2 is 2.12 bits per heavy atom. The van der Waals surface area contributed by atoms with Crippen molar-refractivity contribution in [3.63, 3.8) is 0 Å². The molecule has 0 aromatic heterocycles. The number of rotatable bonds is 3. The number of likely N-dealkylation sites (tertiary alicyclic amines) is 1. The third kappa shape index (κ3) is 2.15. The largest absolute Gasteiger partial charge is 0.480 e. The molecule has 0 aliphatic carbocycles. The fourth-order valence-electron chi connectivity index (χ4n) is 1.84. The number of aliphatic carboxylic acids is 1. The van der Waals surface area contributed by atoms with E-state index in [9.17, 15) is 18.0 Å². The van der Waals surface area contributed by atoms with Gasteiger partial charge >= 0.3 is 12.1 Å². The van der Waals surface area contributed by atoms with Crippen molar-refractivity contribution < 1.29 is 28.2 Å². The van der Waals surface area contributed by atoms with E-state index in [-0.39, 0.29) is 13.0 Å². The second-order valence-corrected chi connectivity index (χ2v) is 4.17. The third-order valence-electron chi connectivity index (χ3n) is 3.19. The minimum atomic E-state index is -4.51. The molecule has 0 spiro atoms. The van der Waals surface area contributed by atoms with Crippen molar-refractivity contribution in [3.05, 3.63) is 0 Å². The summed E-state index contributed by atoms with van der Waals surface area (Å²) in [6.45, 7) is -0.0838. The first-order valence-electron chi connectivity index (χ1n) is 4.88. The molecule has 1 fully saturated rings. The van der Waals surface area contributed by atoms with Crippen LogP contribution in [0.3, 0.4) is 0 Å². The van der Waals surface area contributed by atoms with Crippen LogP contribution < -0.4 is 0 Å². The van der Waals surface area contributed by atoms with Gasteiger partial charge in [-0.15, -0.1) is 0 Å². The predicted molar refractivity (Wildman–Crippen MR) is 48.9 cm³/mol. The molecule has 1 aliphatic heterocycles. The summed E-state index contributed by atoms with van der Waals surface area (Å²) in [5, 5.41) is 17.6. The molecule has 0 radical (unpaired) electrons. The number of carboxylic acids is 1. The molecule has 0 bridgehead atoms. The number of aliphatic hydroxyl groups is 1. The maximum Gasteiger partial charge on any atom is 0.397 e. The van der Waals surface area contributed by atoms with E-state index in [2.05, 4.69) is 0 Å². The highest BCUT2D eigenvalue weighted by molar-refractivity contribution is 5.72. The maximum absolute atomic E-state index is 12.7. The summed E-state index contributed by atoms with van der Waals surface area (Å²) >= 11 is 0. The fourth-order valence-corrected chi connectivity index (χ4v) is 1.84. The fraction of sp³-hybridized carbons (Fsp3) is 0.889. The van der Waals surface area contributed by atoms with Crippen LogP contribution in [0.1, 0.15) is 13.3 Å². The van der Waals surface area contributed by atoms with E-state index in [0.717, 1.165) is 0 Å². The highest BCUT2D eigenvalue weighted by Gasteiger charge is 2.58. The van der Waals surface area contributed by atoms with Gasteiger partial charge in [0.1, 0.15) is 11.5 Å². The molecular weight excluding hydrogens is 227 g/mol. The van der Waals surface area contributed by atoms with Crippen LogP contribution in [0.2, 0.25) is 0 Å². The van der Waals surface area contributed by atoms with E-state index in [1.54, 1.807) is 0 Å². The highest BCUT2D eigenvalue weighted by Crippen LogP contribution is 2.45. The lowest BCUT2D eigenvalue weighted by molar-refractivity contribution is -0.231. The molecule has 1 rings (SSSR count). The van der Waals surface area contributed by atoms with Crippen LogP contribution in [0.15, 0.2) is 0 Å². The number of hydrogen-bond donors (Lipinski definition) is 2. The topological polar surface area (TPSA) is 60.8 Å². The van der Waals surface area contributed by atoms with Crippen molar-refractivity contribution in [3.8, 4) is 0 Å². The van der Waals surface area contributed by atoms with Gasteiger partial charge in [0.15, 0.2) is 0 Å². The van der Waals surface area contributed by atoms with Gasteiger partial charge in [-0.3, -0.25) is 9.69 Å². The Bertz CT molecular complexity index is 282. The number of aliphatic hydroxyl groups excluding tert-OH is 1. The number of hydrogen-bond acceptors (Lipinski definition) is 3. The van der Waals surface area contributed by atoms with Crippen LogP contribution in [0.4, 0.5) is 13.2 Å². The second-order valence-electron chi connectivity index (χ2n) is 4.17. The molecule has 1 aliphatic rings. The molecule has 16 heavy (non-hydrogen) atoms. The first-order valence-corrected chi connectivity index (χ1v) is 4.88. The van der Waals surface area contributed by atoms with Gasteiger partial charge in [-0.1, -0.05) is 0 Å². The number of alkyl halides is 3. The molecule has 0 unspecified atom stereocenters. The molecule has 7 heteroatoms. The predicted octanol–water partition coefficient (Wildman–Crippen LogP) is 0.706. The molecule has 0 saturated carbocycles. The summed E-state index contributed by atoms with van der Waals surface area (Å²) in [6, 6.07) is -0.962. The van der Waals surface area contributed by atoms with E-state index < -0.39 is 36.8 Å². The molecule has 1 saturated heterocycles. The molecule has 2 atom stereocenters. The van der Waals surface area contributed by atoms with E-state index in [1.165, 1.54) is 11.8 Å². The summed E-state index contributed by atoms with van der Waals surface area (Å²) < 4.78 is 38.2.